The van der Waals surface area contributed by atoms with Crippen molar-refractivity contribution >= 4 is 13.6 Å². The van der Waals surface area contributed by atoms with E-state index < -0.39 is 18.7 Å². The van der Waals surface area contributed by atoms with Crippen LogP contribution < -0.4 is 11.3 Å². The number of rotatable bonds is 6. The van der Waals surface area contributed by atoms with Gasteiger partial charge in [-0.1, -0.05) is 12.8 Å². The van der Waals surface area contributed by atoms with Crippen LogP contribution in [0, 0.1) is 0 Å². The Morgan fingerprint density at radius 2 is 1.65 bits per heavy atom. The molecule has 0 spiro atoms. The molecule has 1 aliphatic carbocycles. The zero-order valence-corrected chi connectivity index (χ0v) is 11.6. The molecule has 102 valence electrons. The second-order valence-electron chi connectivity index (χ2n) is 3.86. The van der Waals surface area contributed by atoms with Crippen LogP contribution in [0.3, 0.4) is 0 Å². The van der Waals surface area contributed by atoms with Gasteiger partial charge in [0, 0.05) is 0 Å². The number of carbonyl (C=O) groups excluding carboxylic acids is 1. The van der Waals surface area contributed by atoms with Crippen LogP contribution in [0.4, 0.5) is 0 Å². The molecule has 0 amide bonds. The van der Waals surface area contributed by atoms with Crippen molar-refractivity contribution in [2.24, 2.45) is 0 Å². The van der Waals surface area contributed by atoms with E-state index in [9.17, 15) is 14.5 Å². The van der Waals surface area contributed by atoms with Crippen molar-refractivity contribution in [3.05, 3.63) is 0 Å². The lowest BCUT2D eigenvalue weighted by Crippen LogP contribution is -2.46. The van der Waals surface area contributed by atoms with Crippen molar-refractivity contribution in [1.82, 2.24) is 6.15 Å². The summed E-state index contributed by atoms with van der Waals surface area (Å²) in [4.78, 5) is 11.3. The van der Waals surface area contributed by atoms with Crippen LogP contribution in [0.5, 0.6) is 0 Å². The lowest BCUT2D eigenvalue weighted by molar-refractivity contribution is -0.309. The van der Waals surface area contributed by atoms with E-state index in [0.29, 0.717) is 12.8 Å². The summed E-state index contributed by atoms with van der Waals surface area (Å²) in [5, 5.41) is 9.84. The second-order valence-corrected chi connectivity index (χ2v) is 6.23. The first-order chi connectivity index (χ1) is 7.52. The number of hydrogen-bond donors (Lipinski definition) is 1. The van der Waals surface area contributed by atoms with Gasteiger partial charge in [-0.05, 0) is 26.7 Å². The molecule has 4 N–H and O–H groups in total. The van der Waals surface area contributed by atoms with Gasteiger partial charge in [-0.25, -0.2) is 0 Å². The topological polar surface area (TPSA) is 112 Å². The number of quaternary nitrogens is 1. The Morgan fingerprint density at radius 3 is 1.94 bits per heavy atom. The van der Waals surface area contributed by atoms with E-state index in [-0.39, 0.29) is 19.4 Å². The molecule has 0 aromatic rings. The zero-order valence-electron chi connectivity index (χ0n) is 10.7. The van der Waals surface area contributed by atoms with E-state index in [1.165, 1.54) is 0 Å². The van der Waals surface area contributed by atoms with Crippen LogP contribution in [0.2, 0.25) is 0 Å². The van der Waals surface area contributed by atoms with Gasteiger partial charge in [-0.2, -0.15) is 0 Å². The third-order valence-electron chi connectivity index (χ3n) is 2.93. The van der Waals surface area contributed by atoms with Crippen molar-refractivity contribution in [1.29, 1.82) is 0 Å². The minimum absolute atomic E-state index is 0. The first-order valence-corrected chi connectivity index (χ1v) is 7.17. The predicted octanol–water partition coefficient (Wildman–Crippen LogP) is 1.69. The first kappa shape index (κ1) is 16.6. The number of hydrogen-bond acceptors (Lipinski definition) is 5. The van der Waals surface area contributed by atoms with Gasteiger partial charge in [0.25, 0.3) is 0 Å². The standard InChI is InChI=1S/C10H19O5P.H3N/c1-3-14-16(13,15-4-2)10(9(11)12)7-5-6-8-10;/h3-8H2,1-2H3,(H,11,12);1H3. The van der Waals surface area contributed by atoms with Gasteiger partial charge in [0.1, 0.15) is 5.16 Å². The maximum Gasteiger partial charge on any atom is 0.342 e. The summed E-state index contributed by atoms with van der Waals surface area (Å²) in [5.41, 5.74) is 0. The van der Waals surface area contributed by atoms with Gasteiger partial charge in [0.2, 0.25) is 0 Å². The summed E-state index contributed by atoms with van der Waals surface area (Å²) in [6, 6.07) is 0. The number of carbonyl (C=O) groups is 1. The van der Waals surface area contributed by atoms with Crippen LogP contribution in [0.25, 0.3) is 0 Å². The van der Waals surface area contributed by atoms with E-state index in [1.54, 1.807) is 13.8 Å². The normalized spacial score (nSPS) is 18.7. The largest absolute Gasteiger partial charge is 0.549 e. The minimum atomic E-state index is -3.62. The molecule has 0 radical (unpaired) electrons. The Hall–Kier alpha value is -0.420. The Morgan fingerprint density at radius 1 is 1.24 bits per heavy atom. The van der Waals surface area contributed by atoms with Crippen molar-refractivity contribution in [2.75, 3.05) is 13.2 Å². The van der Waals surface area contributed by atoms with Crippen molar-refractivity contribution in [3.63, 3.8) is 0 Å². The molecule has 1 fully saturated rings. The molecule has 0 aliphatic heterocycles. The van der Waals surface area contributed by atoms with Crippen molar-refractivity contribution in [3.8, 4) is 0 Å². The fourth-order valence-electron chi connectivity index (χ4n) is 2.17. The maximum atomic E-state index is 12.5. The molecule has 0 unspecified atom stereocenters. The Balaban J connectivity index is 0.00000256. The van der Waals surface area contributed by atoms with Gasteiger partial charge < -0.3 is 25.1 Å². The van der Waals surface area contributed by atoms with Crippen LogP contribution in [0.1, 0.15) is 39.5 Å². The highest BCUT2D eigenvalue weighted by molar-refractivity contribution is 7.56. The van der Waals surface area contributed by atoms with E-state index in [1.807, 2.05) is 0 Å². The van der Waals surface area contributed by atoms with E-state index in [4.69, 9.17) is 9.05 Å². The molecule has 0 atom stereocenters. The van der Waals surface area contributed by atoms with Gasteiger partial charge >= 0.3 is 7.60 Å². The lowest BCUT2D eigenvalue weighted by atomic mass is 10.1. The molecule has 0 saturated heterocycles. The summed E-state index contributed by atoms with van der Waals surface area (Å²) in [5.74, 6) is -1.31. The van der Waals surface area contributed by atoms with E-state index in [2.05, 4.69) is 0 Å². The average molecular weight is 267 g/mol. The zero-order chi connectivity index (χ0) is 12.2. The summed E-state index contributed by atoms with van der Waals surface area (Å²) in [6.07, 6.45) is 2.06. The second kappa shape index (κ2) is 6.50. The summed E-state index contributed by atoms with van der Waals surface area (Å²) in [7, 11) is -3.62. The van der Waals surface area contributed by atoms with E-state index in [0.717, 1.165) is 12.8 Å². The maximum absolute atomic E-state index is 12.5. The lowest BCUT2D eigenvalue weighted by Gasteiger charge is -2.36. The molecule has 1 rings (SSSR count). The average Bonchev–Trinajstić information content (AvgIpc) is 2.68. The molecular formula is C10H22NO5P. The number of carboxylic acids is 1. The fraction of sp³-hybridized carbons (Fsp3) is 0.900. The van der Waals surface area contributed by atoms with Crippen molar-refractivity contribution < 1.29 is 23.5 Å². The van der Waals surface area contributed by atoms with E-state index >= 15 is 0 Å². The van der Waals surface area contributed by atoms with Crippen molar-refractivity contribution in [2.45, 2.75) is 44.7 Å². The van der Waals surface area contributed by atoms with Crippen LogP contribution in [0.15, 0.2) is 0 Å². The van der Waals surface area contributed by atoms with Gasteiger partial charge in [-0.15, -0.1) is 0 Å². The molecule has 1 saturated carbocycles. The Labute approximate surface area is 102 Å². The molecule has 17 heavy (non-hydrogen) atoms. The molecule has 0 aromatic carbocycles. The van der Waals surface area contributed by atoms with Crippen LogP contribution >= 0.6 is 7.60 Å². The Bertz CT molecular complexity index is 291. The number of carboxylic acid groups (broad SMARTS) is 1. The molecular weight excluding hydrogens is 245 g/mol. The minimum Gasteiger partial charge on any atom is -0.549 e. The van der Waals surface area contributed by atoms with Crippen LogP contribution in [-0.4, -0.2) is 24.3 Å². The van der Waals surface area contributed by atoms with Gasteiger partial charge in [-0.3, -0.25) is 4.57 Å². The highest BCUT2D eigenvalue weighted by atomic mass is 31.2. The third-order valence-corrected chi connectivity index (χ3v) is 5.81. The summed E-state index contributed by atoms with van der Waals surface area (Å²) in [6.45, 7) is 3.69. The Kier molecular flexibility index (Phi) is 6.34. The molecule has 6 nitrogen and oxygen atoms in total. The van der Waals surface area contributed by atoms with Crippen LogP contribution in [-0.2, 0) is 18.4 Å². The molecule has 0 aromatic heterocycles. The molecule has 0 bridgehead atoms. The smallest absolute Gasteiger partial charge is 0.342 e. The monoisotopic (exact) mass is 267 g/mol. The highest BCUT2D eigenvalue weighted by Gasteiger charge is 2.53. The quantitative estimate of drug-likeness (QED) is 0.736. The fourth-order valence-corrected chi connectivity index (χ4v) is 4.51. The molecule has 1 aliphatic rings. The summed E-state index contributed by atoms with van der Waals surface area (Å²) < 4.78 is 22.8. The highest BCUT2D eigenvalue weighted by Crippen LogP contribution is 2.65. The third kappa shape index (κ3) is 2.88. The predicted molar refractivity (Wildman–Crippen MR) is 63.0 cm³/mol. The van der Waals surface area contributed by atoms with Gasteiger partial charge in [0.05, 0.1) is 19.2 Å². The summed E-state index contributed by atoms with van der Waals surface area (Å²) >= 11 is 0. The molecule has 7 heteroatoms. The SMILES string of the molecule is CCOP(=O)(OCC)C1(C(=O)[O-])CCCC1.[NH4+]. The molecule has 0 heterocycles. The first-order valence-electron chi connectivity index (χ1n) is 5.63. The number of aliphatic carboxylic acids is 1. The van der Waals surface area contributed by atoms with Gasteiger partial charge in [0.15, 0.2) is 0 Å².